The molecule has 0 aliphatic rings. The molecule has 2 heterocycles. The van der Waals surface area contributed by atoms with E-state index >= 15 is 0 Å². The van der Waals surface area contributed by atoms with Gasteiger partial charge in [0, 0.05) is 5.56 Å². The Morgan fingerprint density at radius 1 is 1.15 bits per heavy atom. The topological polar surface area (TPSA) is 146 Å². The number of anilines is 1. The number of ether oxygens (including phenoxy) is 1. The van der Waals surface area contributed by atoms with E-state index in [9.17, 15) is 4.79 Å². The maximum Gasteiger partial charge on any atom is 0.294 e. The van der Waals surface area contributed by atoms with E-state index in [4.69, 9.17) is 15.1 Å². The third kappa shape index (κ3) is 4.71. The molecule has 1 amide bonds. The first-order valence-corrected chi connectivity index (χ1v) is 10.3. The fourth-order valence-corrected chi connectivity index (χ4v) is 3.04. The molecule has 168 valence electrons. The van der Waals surface area contributed by atoms with Gasteiger partial charge in [-0.1, -0.05) is 42.5 Å². The van der Waals surface area contributed by atoms with Gasteiger partial charge in [-0.25, -0.2) is 10.1 Å². The number of rotatable bonds is 8. The number of nitrogen functional groups attached to an aromatic ring is 1. The number of nitrogens with zero attached hydrogens (tertiary/aromatic N) is 6. The van der Waals surface area contributed by atoms with Gasteiger partial charge in [-0.15, -0.1) is 5.10 Å². The molecule has 2 aromatic carbocycles. The summed E-state index contributed by atoms with van der Waals surface area (Å²) >= 11 is 0. The van der Waals surface area contributed by atoms with Gasteiger partial charge in [0.05, 0.1) is 12.3 Å². The summed E-state index contributed by atoms with van der Waals surface area (Å²) in [6.45, 7) is 4.43. The predicted molar refractivity (Wildman–Crippen MR) is 121 cm³/mol. The summed E-state index contributed by atoms with van der Waals surface area (Å²) in [5.41, 5.74) is 10.9. The molecule has 0 spiro atoms. The lowest BCUT2D eigenvalue weighted by Gasteiger charge is -2.08. The first kappa shape index (κ1) is 21.7. The number of hydrogen-bond donors (Lipinski definition) is 2. The molecule has 0 aliphatic heterocycles. The second-order valence-corrected chi connectivity index (χ2v) is 7.05. The fourth-order valence-electron chi connectivity index (χ4n) is 3.04. The van der Waals surface area contributed by atoms with Crippen LogP contribution in [0.5, 0.6) is 5.75 Å². The summed E-state index contributed by atoms with van der Waals surface area (Å²) in [7, 11) is 0. The third-order valence-electron chi connectivity index (χ3n) is 4.70. The van der Waals surface area contributed by atoms with Crippen molar-refractivity contribution in [2.24, 2.45) is 5.10 Å². The van der Waals surface area contributed by atoms with Gasteiger partial charge in [0.2, 0.25) is 11.6 Å². The summed E-state index contributed by atoms with van der Waals surface area (Å²) in [5, 5.41) is 19.7. The van der Waals surface area contributed by atoms with Crippen LogP contribution in [-0.4, -0.2) is 43.5 Å². The Balaban J connectivity index is 1.69. The van der Waals surface area contributed by atoms with Crippen molar-refractivity contribution >= 4 is 17.4 Å². The number of carbonyl (C=O) groups excluding carboxylic acids is 1. The van der Waals surface area contributed by atoms with E-state index < -0.39 is 5.91 Å². The quantitative estimate of drug-likeness (QED) is 0.310. The van der Waals surface area contributed by atoms with E-state index in [0.29, 0.717) is 29.3 Å². The van der Waals surface area contributed by atoms with Crippen LogP contribution in [0.2, 0.25) is 0 Å². The van der Waals surface area contributed by atoms with Crippen molar-refractivity contribution in [3.63, 3.8) is 0 Å². The number of hydrazone groups is 1. The van der Waals surface area contributed by atoms with E-state index in [1.165, 1.54) is 4.68 Å². The molecular weight excluding hydrogens is 424 g/mol. The van der Waals surface area contributed by atoms with Crippen LogP contribution in [0.3, 0.4) is 0 Å². The van der Waals surface area contributed by atoms with Crippen molar-refractivity contribution in [1.82, 2.24) is 30.7 Å². The van der Waals surface area contributed by atoms with E-state index in [2.05, 4.69) is 31.2 Å². The minimum Gasteiger partial charge on any atom is -0.494 e. The van der Waals surface area contributed by atoms with Crippen molar-refractivity contribution in [1.29, 1.82) is 0 Å². The van der Waals surface area contributed by atoms with Crippen LogP contribution in [-0.2, 0) is 0 Å². The number of amides is 1. The lowest BCUT2D eigenvalue weighted by Crippen LogP contribution is -2.21. The van der Waals surface area contributed by atoms with Crippen LogP contribution in [0.1, 0.15) is 36.3 Å². The van der Waals surface area contributed by atoms with Gasteiger partial charge in [-0.3, -0.25) is 4.79 Å². The van der Waals surface area contributed by atoms with Crippen LogP contribution in [0.15, 0.2) is 64.3 Å². The van der Waals surface area contributed by atoms with Crippen molar-refractivity contribution < 1.29 is 14.2 Å². The number of nitrogens with two attached hydrogens (primary N) is 1. The molecule has 11 nitrogen and oxygen atoms in total. The summed E-state index contributed by atoms with van der Waals surface area (Å²) in [4.78, 5) is 13.0. The summed E-state index contributed by atoms with van der Waals surface area (Å²) in [5.74, 6) is 0.282. The van der Waals surface area contributed by atoms with Crippen molar-refractivity contribution in [3.05, 3.63) is 65.9 Å². The Morgan fingerprint density at radius 2 is 1.91 bits per heavy atom. The zero-order chi connectivity index (χ0) is 23.2. The first-order chi connectivity index (χ1) is 16.1. The normalized spacial score (nSPS) is 11.4. The van der Waals surface area contributed by atoms with Crippen LogP contribution in [0.25, 0.3) is 17.1 Å². The highest BCUT2D eigenvalue weighted by Crippen LogP contribution is 2.28. The highest BCUT2D eigenvalue weighted by molar-refractivity contribution is 6.02. The molecule has 11 heteroatoms. The Labute approximate surface area is 189 Å². The van der Waals surface area contributed by atoms with Gasteiger partial charge in [0.15, 0.2) is 5.69 Å². The van der Waals surface area contributed by atoms with E-state index in [1.54, 1.807) is 31.2 Å². The van der Waals surface area contributed by atoms with Gasteiger partial charge in [0.1, 0.15) is 11.4 Å². The Morgan fingerprint density at radius 3 is 2.58 bits per heavy atom. The summed E-state index contributed by atoms with van der Waals surface area (Å²) in [6.07, 6.45) is 0.893. The average molecular weight is 446 g/mol. The third-order valence-corrected chi connectivity index (χ3v) is 4.70. The van der Waals surface area contributed by atoms with Crippen LogP contribution in [0.4, 0.5) is 5.82 Å². The van der Waals surface area contributed by atoms with Crippen LogP contribution >= 0.6 is 0 Å². The van der Waals surface area contributed by atoms with Crippen LogP contribution in [0, 0.1) is 0 Å². The molecule has 0 unspecified atom stereocenters. The molecule has 0 fully saturated rings. The minimum atomic E-state index is -0.548. The summed E-state index contributed by atoms with van der Waals surface area (Å²) < 4.78 is 11.6. The number of hydrogen-bond acceptors (Lipinski definition) is 9. The average Bonchev–Trinajstić information content (AvgIpc) is 3.48. The van der Waals surface area contributed by atoms with Crippen LogP contribution < -0.4 is 15.9 Å². The standard InChI is InChI=1S/C22H22N8O3/c1-3-13-32-17-11-9-16(10-12-17)19-18(25-29-30(19)21-20(23)27-33-28-21)22(31)26-24-14(2)15-7-5-4-6-8-15/h4-12H,3,13H2,1-2H3,(H2,23,27)(H,26,31)/b24-14-. The maximum absolute atomic E-state index is 13.0. The zero-order valence-electron chi connectivity index (χ0n) is 18.1. The molecule has 0 saturated heterocycles. The monoisotopic (exact) mass is 446 g/mol. The lowest BCUT2D eigenvalue weighted by molar-refractivity contribution is 0.0950. The van der Waals surface area contributed by atoms with Gasteiger partial charge >= 0.3 is 0 Å². The fraction of sp³-hybridized carbons (Fsp3) is 0.182. The molecule has 0 radical (unpaired) electrons. The van der Waals surface area contributed by atoms with E-state index in [-0.39, 0.29) is 17.3 Å². The van der Waals surface area contributed by atoms with Gasteiger partial charge in [-0.2, -0.15) is 9.78 Å². The molecule has 4 rings (SSSR count). The smallest absolute Gasteiger partial charge is 0.294 e. The second kappa shape index (κ2) is 9.73. The molecule has 0 saturated carbocycles. The minimum absolute atomic E-state index is 0.00829. The van der Waals surface area contributed by atoms with Gasteiger partial charge in [-0.05, 0) is 53.5 Å². The van der Waals surface area contributed by atoms with Crippen molar-refractivity contribution in [2.45, 2.75) is 20.3 Å². The largest absolute Gasteiger partial charge is 0.494 e. The Hall–Kier alpha value is -4.54. The van der Waals surface area contributed by atoms with Gasteiger partial charge < -0.3 is 10.5 Å². The number of aromatic nitrogens is 5. The molecule has 2 aromatic heterocycles. The predicted octanol–water partition coefficient (Wildman–Crippen LogP) is 2.84. The molecule has 4 aromatic rings. The SMILES string of the molecule is CCCOc1ccc(-c2c(C(=O)N/N=C(/C)c3ccccc3)nnn2-c2nonc2N)cc1. The van der Waals surface area contributed by atoms with Crippen molar-refractivity contribution in [2.75, 3.05) is 12.3 Å². The molecular formula is C22H22N8O3. The first-order valence-electron chi connectivity index (χ1n) is 10.3. The Kier molecular flexibility index (Phi) is 6.39. The molecule has 0 atom stereocenters. The second-order valence-electron chi connectivity index (χ2n) is 7.05. The molecule has 33 heavy (non-hydrogen) atoms. The lowest BCUT2D eigenvalue weighted by atomic mass is 10.1. The van der Waals surface area contributed by atoms with E-state index in [0.717, 1.165) is 12.0 Å². The zero-order valence-corrected chi connectivity index (χ0v) is 18.1. The molecule has 3 N–H and O–H groups in total. The van der Waals surface area contributed by atoms with E-state index in [1.807, 2.05) is 37.3 Å². The highest BCUT2D eigenvalue weighted by Gasteiger charge is 2.25. The number of carbonyl (C=O) groups is 1. The maximum atomic E-state index is 13.0. The summed E-state index contributed by atoms with van der Waals surface area (Å²) in [6, 6.07) is 16.7. The molecule has 0 aliphatic carbocycles. The van der Waals surface area contributed by atoms with Gasteiger partial charge in [0.25, 0.3) is 5.91 Å². The van der Waals surface area contributed by atoms with Crippen molar-refractivity contribution in [3.8, 4) is 22.8 Å². The number of nitrogens with one attached hydrogen (secondary N) is 1. The molecule has 0 bridgehead atoms. The highest BCUT2D eigenvalue weighted by atomic mass is 16.6. The Bertz CT molecular complexity index is 1260. The number of benzene rings is 2.